The van der Waals surface area contributed by atoms with Crippen LogP contribution in [-0.2, 0) is 11.2 Å². The number of aliphatic imine (C=N–C) groups is 1. The quantitative estimate of drug-likeness (QED) is 0.524. The molecule has 2 aromatic rings. The van der Waals surface area contributed by atoms with Crippen molar-refractivity contribution in [1.82, 2.24) is 15.6 Å². The maximum atomic E-state index is 11.9. The SMILES string of the molecule is CN=C(NCCc1ccc(OC)cc1)NCC(=O)Nc1cccnc1. The van der Waals surface area contributed by atoms with E-state index in [-0.39, 0.29) is 12.5 Å². The van der Waals surface area contributed by atoms with Crippen molar-refractivity contribution >= 4 is 17.6 Å². The Balaban J connectivity index is 1.70. The van der Waals surface area contributed by atoms with E-state index in [0.717, 1.165) is 12.2 Å². The molecule has 0 saturated carbocycles. The molecule has 1 heterocycles. The largest absolute Gasteiger partial charge is 0.497 e. The van der Waals surface area contributed by atoms with E-state index >= 15 is 0 Å². The number of anilines is 1. The Labute approximate surface area is 147 Å². The lowest BCUT2D eigenvalue weighted by molar-refractivity contribution is -0.115. The number of nitrogens with zero attached hydrogens (tertiary/aromatic N) is 2. The molecule has 1 aromatic carbocycles. The van der Waals surface area contributed by atoms with Crippen LogP contribution < -0.4 is 20.7 Å². The van der Waals surface area contributed by atoms with E-state index in [1.165, 1.54) is 5.56 Å². The van der Waals surface area contributed by atoms with Gasteiger partial charge in [-0.25, -0.2) is 0 Å². The molecule has 132 valence electrons. The molecule has 7 nitrogen and oxygen atoms in total. The first-order valence-corrected chi connectivity index (χ1v) is 7.98. The summed E-state index contributed by atoms with van der Waals surface area (Å²) >= 11 is 0. The molecule has 0 spiro atoms. The molecule has 0 radical (unpaired) electrons. The number of carbonyl (C=O) groups is 1. The predicted octanol–water partition coefficient (Wildman–Crippen LogP) is 1.44. The monoisotopic (exact) mass is 341 g/mol. The summed E-state index contributed by atoms with van der Waals surface area (Å²) in [6, 6.07) is 11.5. The van der Waals surface area contributed by atoms with Gasteiger partial charge in [-0.1, -0.05) is 12.1 Å². The highest BCUT2D eigenvalue weighted by Gasteiger charge is 2.04. The molecule has 25 heavy (non-hydrogen) atoms. The van der Waals surface area contributed by atoms with Crippen molar-refractivity contribution in [2.24, 2.45) is 4.99 Å². The first-order valence-electron chi connectivity index (χ1n) is 7.98. The minimum atomic E-state index is -0.161. The van der Waals surface area contributed by atoms with Crippen LogP contribution in [0, 0.1) is 0 Å². The topological polar surface area (TPSA) is 87.6 Å². The number of nitrogens with one attached hydrogen (secondary N) is 3. The average molecular weight is 341 g/mol. The van der Waals surface area contributed by atoms with Gasteiger partial charge in [0, 0.05) is 19.8 Å². The molecule has 0 fully saturated rings. The number of benzene rings is 1. The van der Waals surface area contributed by atoms with Gasteiger partial charge in [-0.2, -0.15) is 0 Å². The molecule has 0 bridgehead atoms. The standard InChI is InChI=1S/C18H23N5O2/c1-19-18(21-11-9-14-5-7-16(25-2)8-6-14)22-13-17(24)23-15-4-3-10-20-12-15/h3-8,10,12H,9,11,13H2,1-2H3,(H,23,24)(H2,19,21,22). The molecule has 1 aromatic heterocycles. The number of ether oxygens (including phenoxy) is 1. The number of amides is 1. The zero-order valence-corrected chi connectivity index (χ0v) is 14.5. The minimum absolute atomic E-state index is 0.122. The van der Waals surface area contributed by atoms with E-state index < -0.39 is 0 Å². The normalized spacial score (nSPS) is 10.9. The molecular weight excluding hydrogens is 318 g/mol. The predicted molar refractivity (Wildman–Crippen MR) is 98.9 cm³/mol. The van der Waals surface area contributed by atoms with Crippen LogP contribution in [0.5, 0.6) is 5.75 Å². The molecule has 0 aliphatic carbocycles. The van der Waals surface area contributed by atoms with Crippen molar-refractivity contribution in [2.45, 2.75) is 6.42 Å². The Kier molecular flexibility index (Phi) is 7.24. The first kappa shape index (κ1) is 18.3. The lowest BCUT2D eigenvalue weighted by Crippen LogP contribution is -2.42. The van der Waals surface area contributed by atoms with E-state index in [2.05, 4.69) is 25.9 Å². The lowest BCUT2D eigenvalue weighted by atomic mass is 10.1. The molecule has 3 N–H and O–H groups in total. The van der Waals surface area contributed by atoms with E-state index in [4.69, 9.17) is 4.74 Å². The van der Waals surface area contributed by atoms with Crippen molar-refractivity contribution in [3.05, 3.63) is 54.4 Å². The number of methoxy groups -OCH3 is 1. The first-order chi connectivity index (χ1) is 12.2. The fourth-order valence-corrected chi connectivity index (χ4v) is 2.14. The van der Waals surface area contributed by atoms with Crippen molar-refractivity contribution < 1.29 is 9.53 Å². The Hall–Kier alpha value is -3.09. The van der Waals surface area contributed by atoms with Gasteiger partial charge in [-0.15, -0.1) is 0 Å². The molecular formula is C18H23N5O2. The summed E-state index contributed by atoms with van der Waals surface area (Å²) in [6.45, 7) is 0.827. The van der Waals surface area contributed by atoms with Crippen LogP contribution in [0.25, 0.3) is 0 Å². The van der Waals surface area contributed by atoms with Gasteiger partial charge in [0.2, 0.25) is 5.91 Å². The number of rotatable bonds is 7. The molecule has 7 heteroatoms. The highest BCUT2D eigenvalue weighted by molar-refractivity contribution is 5.94. The Morgan fingerprint density at radius 2 is 2.00 bits per heavy atom. The Morgan fingerprint density at radius 3 is 2.64 bits per heavy atom. The van der Waals surface area contributed by atoms with Gasteiger partial charge in [0.25, 0.3) is 0 Å². The van der Waals surface area contributed by atoms with Gasteiger partial charge >= 0.3 is 0 Å². The van der Waals surface area contributed by atoms with Gasteiger partial charge in [0.1, 0.15) is 5.75 Å². The van der Waals surface area contributed by atoms with Crippen LogP contribution in [0.3, 0.4) is 0 Å². The Morgan fingerprint density at radius 1 is 1.20 bits per heavy atom. The lowest BCUT2D eigenvalue weighted by Gasteiger charge is -2.12. The molecule has 0 aliphatic heterocycles. The van der Waals surface area contributed by atoms with Gasteiger partial charge in [0.15, 0.2) is 5.96 Å². The third-order valence-corrected chi connectivity index (χ3v) is 3.45. The zero-order chi connectivity index (χ0) is 17.9. The molecule has 2 rings (SSSR count). The maximum Gasteiger partial charge on any atom is 0.243 e. The smallest absolute Gasteiger partial charge is 0.243 e. The second-order valence-corrected chi connectivity index (χ2v) is 5.24. The number of hydrogen-bond donors (Lipinski definition) is 3. The number of guanidine groups is 1. The summed E-state index contributed by atoms with van der Waals surface area (Å²) < 4.78 is 5.14. The molecule has 1 amide bonds. The molecule has 0 unspecified atom stereocenters. The second-order valence-electron chi connectivity index (χ2n) is 5.24. The van der Waals surface area contributed by atoms with E-state index in [1.807, 2.05) is 24.3 Å². The van der Waals surface area contributed by atoms with Crippen molar-refractivity contribution in [3.8, 4) is 5.75 Å². The van der Waals surface area contributed by atoms with Crippen LogP contribution in [-0.4, -0.2) is 44.1 Å². The van der Waals surface area contributed by atoms with Crippen LogP contribution in [0.2, 0.25) is 0 Å². The van der Waals surface area contributed by atoms with Crippen LogP contribution in [0.4, 0.5) is 5.69 Å². The van der Waals surface area contributed by atoms with Crippen LogP contribution >= 0.6 is 0 Å². The number of pyridine rings is 1. The van der Waals surface area contributed by atoms with Crippen LogP contribution in [0.15, 0.2) is 53.8 Å². The highest BCUT2D eigenvalue weighted by atomic mass is 16.5. The van der Waals surface area contributed by atoms with Gasteiger partial charge in [0.05, 0.1) is 25.5 Å². The van der Waals surface area contributed by atoms with E-state index in [0.29, 0.717) is 18.2 Å². The summed E-state index contributed by atoms with van der Waals surface area (Å²) in [5, 5.41) is 8.92. The van der Waals surface area contributed by atoms with Crippen molar-refractivity contribution in [3.63, 3.8) is 0 Å². The second kappa shape index (κ2) is 9.92. The van der Waals surface area contributed by atoms with Crippen molar-refractivity contribution in [1.29, 1.82) is 0 Å². The maximum absolute atomic E-state index is 11.9. The third-order valence-electron chi connectivity index (χ3n) is 3.45. The third kappa shape index (κ3) is 6.50. The summed E-state index contributed by atoms with van der Waals surface area (Å²) in [4.78, 5) is 20.0. The number of carbonyl (C=O) groups excluding carboxylic acids is 1. The minimum Gasteiger partial charge on any atom is -0.497 e. The van der Waals surface area contributed by atoms with E-state index in [1.54, 1.807) is 38.7 Å². The van der Waals surface area contributed by atoms with Gasteiger partial charge < -0.3 is 20.7 Å². The fourth-order valence-electron chi connectivity index (χ4n) is 2.14. The van der Waals surface area contributed by atoms with Crippen molar-refractivity contribution in [2.75, 3.05) is 32.6 Å². The fraction of sp³-hybridized carbons (Fsp3) is 0.278. The number of aromatic nitrogens is 1. The van der Waals surface area contributed by atoms with Gasteiger partial charge in [-0.05, 0) is 36.2 Å². The summed E-state index contributed by atoms with van der Waals surface area (Å²) in [7, 11) is 3.32. The molecule has 0 aliphatic rings. The van der Waals surface area contributed by atoms with Crippen LogP contribution in [0.1, 0.15) is 5.56 Å². The average Bonchev–Trinajstić information content (AvgIpc) is 2.66. The summed E-state index contributed by atoms with van der Waals surface area (Å²) in [5.41, 5.74) is 1.86. The zero-order valence-electron chi connectivity index (χ0n) is 14.5. The highest BCUT2D eigenvalue weighted by Crippen LogP contribution is 2.11. The molecule has 0 saturated heterocycles. The summed E-state index contributed by atoms with van der Waals surface area (Å²) in [5.74, 6) is 1.26. The summed E-state index contributed by atoms with van der Waals surface area (Å²) in [6.07, 6.45) is 4.09. The molecule has 0 atom stereocenters. The van der Waals surface area contributed by atoms with Gasteiger partial charge in [-0.3, -0.25) is 14.8 Å². The Bertz CT molecular complexity index is 686. The number of hydrogen-bond acceptors (Lipinski definition) is 4. The van der Waals surface area contributed by atoms with E-state index in [9.17, 15) is 4.79 Å².